The lowest BCUT2D eigenvalue weighted by molar-refractivity contribution is -0.115. The Balaban J connectivity index is 0.00000352. The van der Waals surface area contributed by atoms with Gasteiger partial charge in [0.25, 0.3) is 0 Å². The molecular formula is C24H42N2O2. The third kappa shape index (κ3) is 12.0. The average Bonchev–Trinajstić information content (AvgIpc) is 2.73. The summed E-state index contributed by atoms with van der Waals surface area (Å²) in [6.07, 6.45) is 16.5. The summed E-state index contributed by atoms with van der Waals surface area (Å²) in [4.78, 5) is 18.3. The predicted molar refractivity (Wildman–Crippen MR) is 122 cm³/mol. The number of unbranched alkanes of at least 4 members (excludes halogenated alkanes) is 1. The maximum atomic E-state index is 12.1. The van der Waals surface area contributed by atoms with Crippen LogP contribution in [0, 0.1) is 5.92 Å². The van der Waals surface area contributed by atoms with Crippen LogP contribution in [-0.4, -0.2) is 48.4 Å². The predicted octanol–water partition coefficient (Wildman–Crippen LogP) is 5.34. The van der Waals surface area contributed by atoms with E-state index in [2.05, 4.69) is 42.0 Å². The molecule has 0 heterocycles. The van der Waals surface area contributed by atoms with Gasteiger partial charge < -0.3 is 10.0 Å². The number of hydrogen-bond acceptors (Lipinski definition) is 4. The van der Waals surface area contributed by atoms with Crippen LogP contribution in [-0.2, 0) is 4.79 Å². The molecule has 0 aliphatic heterocycles. The molecule has 1 aliphatic rings. The molecule has 0 bridgehead atoms. The highest BCUT2D eigenvalue weighted by Gasteiger charge is 2.10. The fraction of sp³-hybridized carbons (Fsp3) is 0.667. The van der Waals surface area contributed by atoms with Crippen LogP contribution in [0.15, 0.2) is 40.4 Å². The van der Waals surface area contributed by atoms with E-state index in [9.17, 15) is 4.79 Å². The second kappa shape index (κ2) is 17.6. The summed E-state index contributed by atoms with van der Waals surface area (Å²) in [6.45, 7) is 13.0. The standard InChI is InChI=1S/C22H36N2O2.C2H6/c1-4-21(17-23-18-25)22(26)10-8-16-24(5-2)15-7-6-9-20-13-11-19(3)12-14-20;1-2/h4,11-13,17,20,25H,5-10,14-16,18H2,1-3H3;1-2H3/b21-4+,23-17-;. The molecule has 0 spiro atoms. The number of hydrogen-bond donors (Lipinski definition) is 1. The van der Waals surface area contributed by atoms with Gasteiger partial charge >= 0.3 is 0 Å². The highest BCUT2D eigenvalue weighted by Crippen LogP contribution is 2.21. The van der Waals surface area contributed by atoms with Crippen LogP contribution >= 0.6 is 0 Å². The normalized spacial score (nSPS) is 16.9. The van der Waals surface area contributed by atoms with Crippen LogP contribution < -0.4 is 0 Å². The molecule has 0 aromatic heterocycles. The molecule has 0 aromatic rings. The van der Waals surface area contributed by atoms with Crippen molar-refractivity contribution >= 4 is 12.0 Å². The van der Waals surface area contributed by atoms with Gasteiger partial charge in [-0.25, -0.2) is 0 Å². The van der Waals surface area contributed by atoms with E-state index in [0.29, 0.717) is 17.9 Å². The van der Waals surface area contributed by atoms with Crippen molar-refractivity contribution in [2.75, 3.05) is 26.4 Å². The van der Waals surface area contributed by atoms with Gasteiger partial charge in [-0.1, -0.05) is 57.1 Å². The molecule has 4 heteroatoms. The molecule has 160 valence electrons. The van der Waals surface area contributed by atoms with E-state index >= 15 is 0 Å². The molecule has 4 nitrogen and oxygen atoms in total. The molecule has 1 aliphatic carbocycles. The van der Waals surface area contributed by atoms with Gasteiger partial charge in [0.1, 0.15) is 6.73 Å². The summed E-state index contributed by atoms with van der Waals surface area (Å²) in [6, 6.07) is 0. The van der Waals surface area contributed by atoms with Crippen LogP contribution in [0.3, 0.4) is 0 Å². The van der Waals surface area contributed by atoms with E-state index in [1.807, 2.05) is 20.8 Å². The van der Waals surface area contributed by atoms with Gasteiger partial charge in [0.05, 0.1) is 0 Å². The molecule has 0 amide bonds. The largest absolute Gasteiger partial charge is 0.375 e. The van der Waals surface area contributed by atoms with E-state index in [1.54, 1.807) is 6.08 Å². The van der Waals surface area contributed by atoms with Crippen LogP contribution in [0.1, 0.15) is 73.1 Å². The minimum absolute atomic E-state index is 0.105. The highest BCUT2D eigenvalue weighted by atomic mass is 16.3. The molecule has 0 saturated carbocycles. The molecule has 1 unspecified atom stereocenters. The van der Waals surface area contributed by atoms with Gasteiger partial charge in [-0.2, -0.15) is 0 Å². The Morgan fingerprint density at radius 2 is 2.00 bits per heavy atom. The number of rotatable bonds is 13. The Morgan fingerprint density at radius 3 is 2.57 bits per heavy atom. The highest BCUT2D eigenvalue weighted by molar-refractivity contribution is 6.13. The van der Waals surface area contributed by atoms with Crippen molar-refractivity contribution in [2.24, 2.45) is 10.9 Å². The number of carbonyl (C=O) groups is 1. The zero-order valence-corrected chi connectivity index (χ0v) is 18.8. The molecule has 0 aromatic carbocycles. The SMILES string of the molecule is C/C=C(\C=N/CO)C(=O)CCCN(CC)CCCCC1C=CC(C)=CC1.CC. The first-order valence-corrected chi connectivity index (χ1v) is 11.0. The summed E-state index contributed by atoms with van der Waals surface area (Å²) < 4.78 is 0. The van der Waals surface area contributed by atoms with Crippen molar-refractivity contribution in [2.45, 2.75) is 73.1 Å². The lowest BCUT2D eigenvalue weighted by atomic mass is 9.92. The van der Waals surface area contributed by atoms with Crippen molar-refractivity contribution in [1.82, 2.24) is 4.90 Å². The van der Waals surface area contributed by atoms with E-state index in [-0.39, 0.29) is 12.5 Å². The monoisotopic (exact) mass is 390 g/mol. The number of nitrogens with zero attached hydrogens (tertiary/aromatic N) is 2. The summed E-state index contributed by atoms with van der Waals surface area (Å²) in [7, 11) is 0. The zero-order valence-electron chi connectivity index (χ0n) is 18.8. The van der Waals surface area contributed by atoms with Gasteiger partial charge in [-0.15, -0.1) is 0 Å². The molecule has 1 rings (SSSR count). The number of aliphatic hydroxyl groups is 1. The zero-order chi connectivity index (χ0) is 21.2. The third-order valence-electron chi connectivity index (χ3n) is 4.94. The van der Waals surface area contributed by atoms with Crippen LogP contribution in [0.2, 0.25) is 0 Å². The minimum atomic E-state index is -0.277. The molecule has 0 saturated heterocycles. The lowest BCUT2D eigenvalue weighted by Gasteiger charge is -2.21. The van der Waals surface area contributed by atoms with Gasteiger partial charge in [-0.05, 0) is 65.1 Å². The molecule has 0 radical (unpaired) electrons. The molecular weight excluding hydrogens is 348 g/mol. The van der Waals surface area contributed by atoms with E-state index < -0.39 is 0 Å². The Morgan fingerprint density at radius 1 is 1.29 bits per heavy atom. The molecule has 28 heavy (non-hydrogen) atoms. The molecule has 0 fully saturated rings. The minimum Gasteiger partial charge on any atom is -0.375 e. The average molecular weight is 391 g/mol. The summed E-state index contributed by atoms with van der Waals surface area (Å²) in [5.74, 6) is 0.819. The number of carbonyl (C=O) groups excluding carboxylic acids is 1. The quantitative estimate of drug-likeness (QED) is 0.262. The summed E-state index contributed by atoms with van der Waals surface area (Å²) in [5.41, 5.74) is 1.98. The second-order valence-corrected chi connectivity index (χ2v) is 6.96. The smallest absolute Gasteiger partial charge is 0.164 e. The van der Waals surface area contributed by atoms with E-state index in [0.717, 1.165) is 26.1 Å². The van der Waals surface area contributed by atoms with Gasteiger partial charge in [0, 0.05) is 18.2 Å². The van der Waals surface area contributed by atoms with Crippen LogP contribution in [0.25, 0.3) is 0 Å². The molecule has 1 N–H and O–H groups in total. The maximum absolute atomic E-state index is 12.1. The van der Waals surface area contributed by atoms with Crippen molar-refractivity contribution in [1.29, 1.82) is 0 Å². The van der Waals surface area contributed by atoms with E-state index in [4.69, 9.17) is 5.11 Å². The topological polar surface area (TPSA) is 52.9 Å². The first-order valence-electron chi connectivity index (χ1n) is 11.0. The fourth-order valence-corrected chi connectivity index (χ4v) is 3.21. The Kier molecular flexibility index (Phi) is 16.6. The summed E-state index contributed by atoms with van der Waals surface area (Å²) >= 11 is 0. The second-order valence-electron chi connectivity index (χ2n) is 6.96. The van der Waals surface area contributed by atoms with Gasteiger partial charge in [0.2, 0.25) is 0 Å². The first kappa shape index (κ1) is 26.5. The Labute approximate surface area is 173 Å². The number of ketones is 1. The van der Waals surface area contributed by atoms with Gasteiger partial charge in [0.15, 0.2) is 5.78 Å². The van der Waals surface area contributed by atoms with Crippen LogP contribution in [0.4, 0.5) is 0 Å². The van der Waals surface area contributed by atoms with Crippen LogP contribution in [0.5, 0.6) is 0 Å². The van der Waals surface area contributed by atoms with Gasteiger partial charge in [-0.3, -0.25) is 9.79 Å². The number of aliphatic hydroxyl groups excluding tert-OH is 1. The van der Waals surface area contributed by atoms with Crippen molar-refractivity contribution < 1.29 is 9.90 Å². The van der Waals surface area contributed by atoms with E-state index in [1.165, 1.54) is 37.5 Å². The lowest BCUT2D eigenvalue weighted by Crippen LogP contribution is -2.26. The third-order valence-corrected chi connectivity index (χ3v) is 4.94. The maximum Gasteiger partial charge on any atom is 0.164 e. The first-order chi connectivity index (χ1) is 13.6. The van der Waals surface area contributed by atoms with Crippen molar-refractivity contribution in [3.8, 4) is 0 Å². The summed E-state index contributed by atoms with van der Waals surface area (Å²) in [5, 5.41) is 8.72. The Bertz CT molecular complexity index is 533. The van der Waals surface area contributed by atoms with Crippen molar-refractivity contribution in [3.63, 3.8) is 0 Å². The molecule has 1 atom stereocenters. The number of aliphatic imine (C=N–C) groups is 1. The number of Topliss-reactive ketones (excluding diaryl/α,β-unsaturated/α-hetero) is 1. The fourth-order valence-electron chi connectivity index (χ4n) is 3.21. The Hall–Kier alpha value is -1.52. The van der Waals surface area contributed by atoms with Crippen molar-refractivity contribution in [3.05, 3.63) is 35.5 Å². The number of allylic oxidation sites excluding steroid dienone is 6.